The van der Waals surface area contributed by atoms with Crippen molar-refractivity contribution < 1.29 is 4.79 Å². The minimum Gasteiger partial charge on any atom is -0.345 e. The predicted molar refractivity (Wildman–Crippen MR) is 101 cm³/mol. The molecule has 0 aromatic carbocycles. The number of thiophene rings is 1. The van der Waals surface area contributed by atoms with Crippen LogP contribution in [-0.4, -0.2) is 30.4 Å². The van der Waals surface area contributed by atoms with Gasteiger partial charge in [-0.2, -0.15) is 0 Å². The van der Waals surface area contributed by atoms with Gasteiger partial charge in [-0.25, -0.2) is 0 Å². The maximum atomic E-state index is 13.2. The molecule has 1 aromatic heterocycles. The number of likely N-dealkylation sites (N-methyl/N-ethyl adjacent to an activating group) is 1. The summed E-state index contributed by atoms with van der Waals surface area (Å²) < 4.78 is 0. The molecule has 0 saturated heterocycles. The van der Waals surface area contributed by atoms with Crippen molar-refractivity contribution in [3.8, 4) is 0 Å². The van der Waals surface area contributed by atoms with Gasteiger partial charge in [0.15, 0.2) is 0 Å². The van der Waals surface area contributed by atoms with Gasteiger partial charge in [-0.3, -0.25) is 4.79 Å². The van der Waals surface area contributed by atoms with Crippen molar-refractivity contribution in [2.75, 3.05) is 13.6 Å². The van der Waals surface area contributed by atoms with Crippen LogP contribution in [0.2, 0.25) is 0 Å². The Hall–Kier alpha value is -0.580. The number of amides is 1. The number of nitrogens with zero attached hydrogens (tertiary/aromatic N) is 1. The van der Waals surface area contributed by atoms with Crippen LogP contribution in [0.3, 0.4) is 0 Å². The summed E-state index contributed by atoms with van der Waals surface area (Å²) in [5, 5.41) is 2.09. The molecule has 0 aliphatic heterocycles. The van der Waals surface area contributed by atoms with Gasteiger partial charge in [0, 0.05) is 24.5 Å². The number of hydrogen-bond acceptors (Lipinski definition) is 3. The number of nitrogens with two attached hydrogens (primary N) is 1. The third-order valence-electron chi connectivity index (χ3n) is 5.11. The van der Waals surface area contributed by atoms with Gasteiger partial charge in [0.05, 0.1) is 5.41 Å². The second kappa shape index (κ2) is 9.05. The molecule has 132 valence electrons. The first-order valence-electron chi connectivity index (χ1n) is 8.52. The first kappa shape index (κ1) is 20.5. The van der Waals surface area contributed by atoms with E-state index in [1.807, 2.05) is 11.9 Å². The average Bonchev–Trinajstić information content (AvgIpc) is 3.06. The molecule has 1 atom stereocenters. The Morgan fingerprint density at radius 2 is 2.00 bits per heavy atom. The van der Waals surface area contributed by atoms with Crippen LogP contribution in [0.25, 0.3) is 0 Å². The first-order valence-corrected chi connectivity index (χ1v) is 9.40. The molecule has 5 heteroatoms. The lowest BCUT2D eigenvalue weighted by Crippen LogP contribution is -2.47. The molecule has 1 amide bonds. The van der Waals surface area contributed by atoms with E-state index in [1.165, 1.54) is 11.3 Å². The van der Waals surface area contributed by atoms with E-state index in [2.05, 4.69) is 31.4 Å². The number of hydrogen-bond donors (Lipinski definition) is 1. The largest absolute Gasteiger partial charge is 0.345 e. The standard InChI is InChI=1S/C18H30N2OS.ClH/c1-14(2)15(19)9-12-20(3)17(21)18(10-5-4-6-11-18)16-8-7-13-22-16;/h7-8,13-15H,4-6,9-12,19H2,1-3H3;1H. The SMILES string of the molecule is CC(C)C(N)CCN(C)C(=O)C1(c2cccs2)CCCCC1.Cl. The molecule has 0 spiro atoms. The lowest BCUT2D eigenvalue weighted by molar-refractivity contribution is -0.137. The molecule has 1 aliphatic rings. The van der Waals surface area contributed by atoms with E-state index in [0.717, 1.165) is 38.6 Å². The maximum absolute atomic E-state index is 13.2. The first-order chi connectivity index (χ1) is 10.5. The minimum absolute atomic E-state index is 0. The Kier molecular flexibility index (Phi) is 8.05. The van der Waals surface area contributed by atoms with Crippen LogP contribution in [0, 0.1) is 5.92 Å². The molecule has 1 saturated carbocycles. The van der Waals surface area contributed by atoms with E-state index in [0.29, 0.717) is 11.8 Å². The highest BCUT2D eigenvalue weighted by atomic mass is 35.5. The highest BCUT2D eigenvalue weighted by Gasteiger charge is 2.43. The molecule has 2 N–H and O–H groups in total. The third kappa shape index (κ3) is 4.71. The Balaban J connectivity index is 0.00000264. The van der Waals surface area contributed by atoms with E-state index in [-0.39, 0.29) is 23.9 Å². The van der Waals surface area contributed by atoms with Gasteiger partial charge >= 0.3 is 0 Å². The molecule has 1 aromatic rings. The van der Waals surface area contributed by atoms with Crippen LogP contribution in [0.5, 0.6) is 0 Å². The summed E-state index contributed by atoms with van der Waals surface area (Å²) >= 11 is 1.73. The monoisotopic (exact) mass is 358 g/mol. The van der Waals surface area contributed by atoms with Crippen LogP contribution in [0.4, 0.5) is 0 Å². The van der Waals surface area contributed by atoms with E-state index in [4.69, 9.17) is 5.73 Å². The molecule has 1 fully saturated rings. The van der Waals surface area contributed by atoms with Crippen molar-refractivity contribution >= 4 is 29.7 Å². The molecular formula is C18H31ClN2OS. The smallest absolute Gasteiger partial charge is 0.233 e. The van der Waals surface area contributed by atoms with Crippen molar-refractivity contribution in [3.63, 3.8) is 0 Å². The Morgan fingerprint density at radius 1 is 1.35 bits per heavy atom. The fraction of sp³-hybridized carbons (Fsp3) is 0.722. The molecule has 23 heavy (non-hydrogen) atoms. The van der Waals surface area contributed by atoms with E-state index in [9.17, 15) is 4.79 Å². The Morgan fingerprint density at radius 3 is 2.52 bits per heavy atom. The highest BCUT2D eigenvalue weighted by Crippen LogP contribution is 2.42. The van der Waals surface area contributed by atoms with Gasteiger partial charge in [0.1, 0.15) is 0 Å². The summed E-state index contributed by atoms with van der Waals surface area (Å²) in [5.74, 6) is 0.759. The summed E-state index contributed by atoms with van der Waals surface area (Å²) in [4.78, 5) is 16.4. The molecule has 0 bridgehead atoms. The van der Waals surface area contributed by atoms with Crippen LogP contribution in [0.1, 0.15) is 57.2 Å². The number of carbonyl (C=O) groups excluding carboxylic acids is 1. The van der Waals surface area contributed by atoms with Crippen LogP contribution in [0.15, 0.2) is 17.5 Å². The average molecular weight is 359 g/mol. The highest BCUT2D eigenvalue weighted by molar-refractivity contribution is 7.10. The van der Waals surface area contributed by atoms with E-state index < -0.39 is 0 Å². The second-order valence-corrected chi connectivity index (χ2v) is 7.99. The number of halogens is 1. The van der Waals surface area contributed by atoms with Crippen molar-refractivity contribution in [2.45, 2.75) is 63.8 Å². The number of rotatable bonds is 6. The van der Waals surface area contributed by atoms with Gasteiger partial charge in [0.25, 0.3) is 0 Å². The zero-order valence-electron chi connectivity index (χ0n) is 14.6. The van der Waals surface area contributed by atoms with E-state index in [1.54, 1.807) is 11.3 Å². The Labute approximate surface area is 151 Å². The quantitative estimate of drug-likeness (QED) is 0.828. The molecule has 1 unspecified atom stereocenters. The predicted octanol–water partition coefficient (Wildman–Crippen LogP) is 4.20. The van der Waals surface area contributed by atoms with Gasteiger partial charge < -0.3 is 10.6 Å². The van der Waals surface area contributed by atoms with Crippen LogP contribution in [-0.2, 0) is 10.2 Å². The third-order valence-corrected chi connectivity index (χ3v) is 6.18. The van der Waals surface area contributed by atoms with Crippen LogP contribution < -0.4 is 5.73 Å². The fourth-order valence-corrected chi connectivity index (χ4v) is 4.39. The Bertz CT molecular complexity index is 469. The molecule has 1 aliphatic carbocycles. The summed E-state index contributed by atoms with van der Waals surface area (Å²) in [6, 6.07) is 4.37. The molecule has 1 heterocycles. The van der Waals surface area contributed by atoms with Crippen molar-refractivity contribution in [2.24, 2.45) is 11.7 Å². The van der Waals surface area contributed by atoms with Gasteiger partial charge in [-0.15, -0.1) is 23.7 Å². The minimum atomic E-state index is -0.275. The zero-order chi connectivity index (χ0) is 16.2. The summed E-state index contributed by atoms with van der Waals surface area (Å²) in [6.07, 6.45) is 6.43. The maximum Gasteiger partial charge on any atom is 0.233 e. The van der Waals surface area contributed by atoms with Crippen LogP contribution >= 0.6 is 23.7 Å². The van der Waals surface area contributed by atoms with Gasteiger partial charge in [0.2, 0.25) is 5.91 Å². The second-order valence-electron chi connectivity index (χ2n) is 7.04. The zero-order valence-corrected chi connectivity index (χ0v) is 16.2. The summed E-state index contributed by atoms with van der Waals surface area (Å²) in [7, 11) is 1.94. The molecule has 2 rings (SSSR count). The lowest BCUT2D eigenvalue weighted by Gasteiger charge is -2.38. The molecule has 0 radical (unpaired) electrons. The molecular weight excluding hydrogens is 328 g/mol. The topological polar surface area (TPSA) is 46.3 Å². The fourth-order valence-electron chi connectivity index (χ4n) is 3.41. The number of carbonyl (C=O) groups is 1. The van der Waals surface area contributed by atoms with E-state index >= 15 is 0 Å². The normalized spacial score (nSPS) is 18.3. The summed E-state index contributed by atoms with van der Waals surface area (Å²) in [5.41, 5.74) is 5.86. The molecule has 3 nitrogen and oxygen atoms in total. The lowest BCUT2D eigenvalue weighted by atomic mass is 9.72. The van der Waals surface area contributed by atoms with Gasteiger partial charge in [-0.05, 0) is 36.6 Å². The van der Waals surface area contributed by atoms with Crippen molar-refractivity contribution in [1.29, 1.82) is 0 Å². The van der Waals surface area contributed by atoms with Crippen molar-refractivity contribution in [1.82, 2.24) is 4.90 Å². The summed E-state index contributed by atoms with van der Waals surface area (Å²) in [6.45, 7) is 5.03. The van der Waals surface area contributed by atoms with Crippen molar-refractivity contribution in [3.05, 3.63) is 22.4 Å². The van der Waals surface area contributed by atoms with Gasteiger partial charge in [-0.1, -0.05) is 39.2 Å².